The Hall–Kier alpha value is -3.85. The van der Waals surface area contributed by atoms with Gasteiger partial charge < -0.3 is 15.7 Å². The molecular formula is C20H17FN6O2. The molecular weight excluding hydrogens is 375 g/mol. The third kappa shape index (κ3) is 3.90. The van der Waals surface area contributed by atoms with Gasteiger partial charge in [0.05, 0.1) is 24.1 Å². The third-order valence-electron chi connectivity index (χ3n) is 4.18. The van der Waals surface area contributed by atoms with Crippen LogP contribution in [0, 0.1) is 5.82 Å². The molecule has 9 heteroatoms. The zero-order chi connectivity index (χ0) is 20.2. The van der Waals surface area contributed by atoms with Crippen molar-refractivity contribution in [1.82, 2.24) is 19.6 Å². The number of nitrogens with zero attached hydrogens (tertiary/aromatic N) is 4. The molecule has 0 aliphatic carbocycles. The molecule has 29 heavy (non-hydrogen) atoms. The van der Waals surface area contributed by atoms with Crippen LogP contribution in [-0.4, -0.2) is 43.7 Å². The molecule has 1 amide bonds. The SMILES string of the molecule is O=C(Nc1ccncc1)c1cc(NCCO)nn2cc(-c3ccccc3F)nc12. The van der Waals surface area contributed by atoms with Crippen LogP contribution in [0.2, 0.25) is 0 Å². The van der Waals surface area contributed by atoms with E-state index in [1.54, 1.807) is 55.0 Å². The highest BCUT2D eigenvalue weighted by molar-refractivity contribution is 6.08. The Labute approximate surface area is 165 Å². The summed E-state index contributed by atoms with van der Waals surface area (Å²) < 4.78 is 15.6. The molecule has 0 atom stereocenters. The molecule has 146 valence electrons. The van der Waals surface area contributed by atoms with E-state index in [1.165, 1.54) is 10.6 Å². The number of anilines is 2. The lowest BCUT2D eigenvalue weighted by Crippen LogP contribution is -2.16. The first-order valence-corrected chi connectivity index (χ1v) is 8.87. The molecule has 0 spiro atoms. The second-order valence-electron chi connectivity index (χ2n) is 6.16. The summed E-state index contributed by atoms with van der Waals surface area (Å²) in [5, 5.41) is 19.1. The van der Waals surface area contributed by atoms with Crippen LogP contribution in [0.4, 0.5) is 15.9 Å². The van der Waals surface area contributed by atoms with Crippen LogP contribution in [0.25, 0.3) is 16.9 Å². The minimum Gasteiger partial charge on any atom is -0.395 e. The second kappa shape index (κ2) is 8.03. The normalized spacial score (nSPS) is 10.8. The van der Waals surface area contributed by atoms with Crippen LogP contribution in [0.3, 0.4) is 0 Å². The molecule has 0 unspecified atom stereocenters. The number of aromatic nitrogens is 4. The quantitative estimate of drug-likeness (QED) is 0.466. The minimum absolute atomic E-state index is 0.0946. The highest BCUT2D eigenvalue weighted by Gasteiger charge is 2.18. The van der Waals surface area contributed by atoms with Crippen LogP contribution < -0.4 is 10.6 Å². The number of carbonyl (C=O) groups excluding carboxylic acids is 1. The van der Waals surface area contributed by atoms with E-state index in [9.17, 15) is 9.18 Å². The van der Waals surface area contributed by atoms with E-state index in [2.05, 4.69) is 25.7 Å². The average molecular weight is 392 g/mol. The van der Waals surface area contributed by atoms with Gasteiger partial charge >= 0.3 is 0 Å². The van der Waals surface area contributed by atoms with Gasteiger partial charge in [-0.1, -0.05) is 12.1 Å². The van der Waals surface area contributed by atoms with Crippen molar-refractivity contribution in [1.29, 1.82) is 0 Å². The predicted molar refractivity (Wildman–Crippen MR) is 106 cm³/mol. The van der Waals surface area contributed by atoms with Gasteiger partial charge in [-0.05, 0) is 30.3 Å². The average Bonchev–Trinajstić information content (AvgIpc) is 3.16. The molecule has 4 aromatic rings. The van der Waals surface area contributed by atoms with Crippen LogP contribution >= 0.6 is 0 Å². The largest absolute Gasteiger partial charge is 0.395 e. The van der Waals surface area contributed by atoms with E-state index in [1.807, 2.05) is 0 Å². The van der Waals surface area contributed by atoms with Crippen molar-refractivity contribution in [3.8, 4) is 11.3 Å². The molecule has 0 saturated carbocycles. The van der Waals surface area contributed by atoms with Crippen molar-refractivity contribution in [3.63, 3.8) is 0 Å². The van der Waals surface area contributed by atoms with Crippen molar-refractivity contribution in [2.75, 3.05) is 23.8 Å². The first-order chi connectivity index (χ1) is 14.2. The van der Waals surface area contributed by atoms with Crippen molar-refractivity contribution < 1.29 is 14.3 Å². The molecule has 0 saturated heterocycles. The Balaban J connectivity index is 1.80. The minimum atomic E-state index is -0.419. The Morgan fingerprint density at radius 2 is 1.97 bits per heavy atom. The fourth-order valence-electron chi connectivity index (χ4n) is 2.85. The summed E-state index contributed by atoms with van der Waals surface area (Å²) in [4.78, 5) is 21.3. The second-order valence-corrected chi connectivity index (χ2v) is 6.16. The predicted octanol–water partition coefficient (Wildman–Crippen LogP) is 2.59. The maximum atomic E-state index is 14.2. The summed E-state index contributed by atoms with van der Waals surface area (Å²) in [6.07, 6.45) is 4.69. The Bertz CT molecular complexity index is 1160. The number of carbonyl (C=O) groups is 1. The fraction of sp³-hybridized carbons (Fsp3) is 0.100. The molecule has 0 aliphatic heterocycles. The zero-order valence-electron chi connectivity index (χ0n) is 15.2. The first kappa shape index (κ1) is 18.5. The van der Waals surface area contributed by atoms with E-state index in [4.69, 9.17) is 5.11 Å². The summed E-state index contributed by atoms with van der Waals surface area (Å²) in [5.41, 5.74) is 1.77. The van der Waals surface area contributed by atoms with Crippen molar-refractivity contribution >= 4 is 23.1 Å². The van der Waals surface area contributed by atoms with Crippen molar-refractivity contribution in [3.05, 3.63) is 72.4 Å². The smallest absolute Gasteiger partial charge is 0.259 e. The van der Waals surface area contributed by atoms with Gasteiger partial charge in [0.1, 0.15) is 11.6 Å². The van der Waals surface area contributed by atoms with E-state index in [0.29, 0.717) is 22.8 Å². The molecule has 4 rings (SSSR count). The lowest BCUT2D eigenvalue weighted by Gasteiger charge is -2.09. The van der Waals surface area contributed by atoms with Crippen molar-refractivity contribution in [2.45, 2.75) is 0 Å². The van der Waals surface area contributed by atoms with Gasteiger partial charge in [0.25, 0.3) is 5.91 Å². The van der Waals surface area contributed by atoms with Gasteiger partial charge in [-0.2, -0.15) is 0 Å². The number of amides is 1. The van der Waals surface area contributed by atoms with Gasteiger partial charge in [0.15, 0.2) is 5.65 Å². The third-order valence-corrected chi connectivity index (χ3v) is 4.18. The topological polar surface area (TPSA) is 104 Å². The number of nitrogens with one attached hydrogen (secondary N) is 2. The summed E-state index contributed by atoms with van der Waals surface area (Å²) in [7, 11) is 0. The summed E-state index contributed by atoms with van der Waals surface area (Å²) >= 11 is 0. The van der Waals surface area contributed by atoms with Gasteiger partial charge in [-0.3, -0.25) is 9.78 Å². The molecule has 0 bridgehead atoms. The van der Waals surface area contributed by atoms with Gasteiger partial charge in [-0.15, -0.1) is 5.10 Å². The maximum absolute atomic E-state index is 14.2. The lowest BCUT2D eigenvalue weighted by atomic mass is 10.1. The summed E-state index contributed by atoms with van der Waals surface area (Å²) in [6, 6.07) is 11.1. The fourth-order valence-corrected chi connectivity index (χ4v) is 2.85. The zero-order valence-corrected chi connectivity index (χ0v) is 15.2. The standard InChI is InChI=1S/C20H17FN6O2/c21-16-4-2-1-3-14(16)17-12-27-19(25-17)15(11-18(26-27)23-9-10-28)20(29)24-13-5-7-22-8-6-13/h1-8,11-12,28H,9-10H2,(H,23,26)(H,22,24,29). The molecule has 3 N–H and O–H groups in total. The van der Waals surface area contributed by atoms with Crippen molar-refractivity contribution in [2.24, 2.45) is 0 Å². The molecule has 0 aliphatic rings. The highest BCUT2D eigenvalue weighted by Crippen LogP contribution is 2.24. The molecule has 0 fully saturated rings. The number of aliphatic hydroxyl groups is 1. The van der Waals surface area contributed by atoms with Gasteiger partial charge in [-0.25, -0.2) is 13.9 Å². The van der Waals surface area contributed by atoms with E-state index in [0.717, 1.165) is 0 Å². The number of hydrogen-bond acceptors (Lipinski definition) is 6. The number of halogens is 1. The molecule has 3 heterocycles. The van der Waals surface area contributed by atoms with Gasteiger partial charge in [0.2, 0.25) is 0 Å². The Kier molecular flexibility index (Phi) is 5.12. The molecule has 1 aromatic carbocycles. The maximum Gasteiger partial charge on any atom is 0.259 e. The summed E-state index contributed by atoms with van der Waals surface area (Å²) in [5.74, 6) is -0.442. The number of benzene rings is 1. The molecule has 3 aromatic heterocycles. The van der Waals surface area contributed by atoms with Crippen LogP contribution in [-0.2, 0) is 0 Å². The monoisotopic (exact) mass is 392 g/mol. The number of pyridine rings is 1. The van der Waals surface area contributed by atoms with E-state index >= 15 is 0 Å². The van der Waals surface area contributed by atoms with Crippen LogP contribution in [0.1, 0.15) is 10.4 Å². The van der Waals surface area contributed by atoms with E-state index in [-0.39, 0.29) is 24.4 Å². The first-order valence-electron chi connectivity index (χ1n) is 8.87. The highest BCUT2D eigenvalue weighted by atomic mass is 19.1. The Morgan fingerprint density at radius 1 is 1.17 bits per heavy atom. The number of fused-ring (bicyclic) bond motifs is 1. The van der Waals surface area contributed by atoms with Gasteiger partial charge in [0, 0.05) is 30.2 Å². The van der Waals surface area contributed by atoms with E-state index < -0.39 is 11.7 Å². The lowest BCUT2D eigenvalue weighted by molar-refractivity contribution is 0.102. The van der Waals surface area contributed by atoms with Crippen LogP contribution in [0.5, 0.6) is 0 Å². The number of hydrogen-bond donors (Lipinski definition) is 3. The number of aliphatic hydroxyl groups excluding tert-OH is 1. The summed E-state index contributed by atoms with van der Waals surface area (Å²) in [6.45, 7) is 0.168. The number of imidazole rings is 1. The number of rotatable bonds is 6. The molecule has 8 nitrogen and oxygen atoms in total. The Morgan fingerprint density at radius 3 is 2.72 bits per heavy atom. The van der Waals surface area contributed by atoms with Crippen LogP contribution in [0.15, 0.2) is 61.1 Å². The molecule has 0 radical (unpaired) electrons.